The first-order valence-corrected chi connectivity index (χ1v) is 30.4. The Hall–Kier alpha value is -12.2. The first kappa shape index (κ1) is 52.1. The Morgan fingerprint density at radius 2 is 0.489 bits per heavy atom. The molecular formula is C80H52B2N8. The van der Waals surface area contributed by atoms with E-state index in [0.717, 1.165) is 135 Å². The zero-order chi connectivity index (χ0) is 59.8. The number of rotatable bonds is 10. The van der Waals surface area contributed by atoms with E-state index in [1.54, 1.807) is 0 Å². The van der Waals surface area contributed by atoms with Crippen LogP contribution in [0.5, 0.6) is 0 Å². The summed E-state index contributed by atoms with van der Waals surface area (Å²) < 4.78 is 0. The molecule has 90 heavy (non-hydrogen) atoms. The standard InChI is InChI=1S/C80H52B2N8/c83-53-55-41-43-67-71(45-55)87(61-33-17-5-18-34-61)75-47-65(85(57-25-9-1-10-26-57)58-27-11-2-12-28-58)49-77-79(75)81(67)69-51-70-74(52-73(69)89(77)63-37-21-7-22-38-63)90(64-39-23-8-24-40-64)78-50-66(86(59-29-13-3-14-30-59)60-31-15-4-16-32-60)48-76-80(78)82(70)68-44-42-56(54-84)46-72(68)88(76)62-35-19-6-20-36-62/h1-52H. The molecule has 17 rings (SSSR count). The van der Waals surface area contributed by atoms with E-state index in [4.69, 9.17) is 0 Å². The van der Waals surface area contributed by atoms with Crippen LogP contribution in [0.4, 0.5) is 102 Å². The maximum Gasteiger partial charge on any atom is 0.252 e. The van der Waals surface area contributed by atoms with Crippen molar-refractivity contribution in [2.24, 2.45) is 0 Å². The van der Waals surface area contributed by atoms with E-state index in [0.29, 0.717) is 11.1 Å². The van der Waals surface area contributed by atoms with E-state index < -0.39 is 0 Å². The van der Waals surface area contributed by atoms with E-state index in [1.807, 2.05) is 12.1 Å². The summed E-state index contributed by atoms with van der Waals surface area (Å²) >= 11 is 0. The van der Waals surface area contributed by atoms with Gasteiger partial charge in [0.1, 0.15) is 0 Å². The molecule has 4 aliphatic heterocycles. The zero-order valence-corrected chi connectivity index (χ0v) is 48.8. The molecule has 0 saturated heterocycles. The number of benzene rings is 13. The highest BCUT2D eigenvalue weighted by Gasteiger charge is 2.49. The molecule has 13 aromatic rings. The quantitative estimate of drug-likeness (QED) is 0.126. The number of nitrogens with zero attached hydrogens (tertiary/aromatic N) is 8. The van der Waals surface area contributed by atoms with Gasteiger partial charge in [0.05, 0.1) is 34.6 Å². The van der Waals surface area contributed by atoms with Gasteiger partial charge in [-0.25, -0.2) is 0 Å². The fourth-order valence-corrected chi connectivity index (χ4v) is 14.5. The second-order valence-corrected chi connectivity index (χ2v) is 23.1. The largest absolute Gasteiger partial charge is 0.311 e. The number of fused-ring (bicyclic) bond motifs is 8. The summed E-state index contributed by atoms with van der Waals surface area (Å²) in [4.78, 5) is 14.5. The minimum atomic E-state index is -0.308. The first-order valence-electron chi connectivity index (χ1n) is 30.4. The van der Waals surface area contributed by atoms with Crippen molar-refractivity contribution < 1.29 is 0 Å². The molecule has 0 spiro atoms. The van der Waals surface area contributed by atoms with Crippen LogP contribution in [0.15, 0.2) is 315 Å². The zero-order valence-electron chi connectivity index (χ0n) is 48.8. The lowest BCUT2D eigenvalue weighted by atomic mass is 9.30. The summed E-state index contributed by atoms with van der Waals surface area (Å²) in [5.74, 6) is 0. The topological polar surface area (TPSA) is 67.0 Å². The van der Waals surface area contributed by atoms with Crippen LogP contribution in [-0.4, -0.2) is 13.4 Å². The number of anilines is 18. The van der Waals surface area contributed by atoms with Crippen molar-refractivity contribution in [2.45, 2.75) is 0 Å². The predicted molar refractivity (Wildman–Crippen MR) is 373 cm³/mol. The molecule has 0 unspecified atom stereocenters. The molecule has 0 radical (unpaired) electrons. The summed E-state index contributed by atoms with van der Waals surface area (Å²) in [5.41, 5.74) is 26.0. The smallest absolute Gasteiger partial charge is 0.252 e. The molecule has 418 valence electrons. The van der Waals surface area contributed by atoms with Crippen LogP contribution in [0.1, 0.15) is 11.1 Å². The van der Waals surface area contributed by atoms with Crippen LogP contribution in [0, 0.1) is 22.7 Å². The van der Waals surface area contributed by atoms with Crippen molar-refractivity contribution in [1.82, 2.24) is 0 Å². The summed E-state index contributed by atoms with van der Waals surface area (Å²) in [5, 5.41) is 21.7. The van der Waals surface area contributed by atoms with Gasteiger partial charge in [0.2, 0.25) is 0 Å². The van der Waals surface area contributed by atoms with E-state index in [2.05, 4.69) is 345 Å². The lowest BCUT2D eigenvalue weighted by Crippen LogP contribution is -2.65. The minimum absolute atomic E-state index is 0.308. The Morgan fingerprint density at radius 1 is 0.233 bits per heavy atom. The molecule has 4 aliphatic rings. The SMILES string of the molecule is N#Cc1ccc2c(c1)N(c1ccccc1)c1cc(N(c3ccccc3)c3ccccc3)cc3c1B2c1cc2c(cc1N3c1ccccc1)N(c1ccccc1)c1cc(N(c3ccccc3)c3ccccc3)cc3c1B2c1ccc(C#N)cc1N3c1ccccc1. The lowest BCUT2D eigenvalue weighted by Gasteiger charge is -2.48. The fourth-order valence-electron chi connectivity index (χ4n) is 14.5. The molecule has 0 N–H and O–H groups in total. The van der Waals surface area contributed by atoms with E-state index in [1.165, 1.54) is 0 Å². The van der Waals surface area contributed by atoms with Gasteiger partial charge < -0.3 is 29.4 Å². The third kappa shape index (κ3) is 8.31. The molecule has 4 heterocycles. The van der Waals surface area contributed by atoms with Gasteiger partial charge in [0.15, 0.2) is 0 Å². The maximum atomic E-state index is 10.8. The Kier molecular flexibility index (Phi) is 12.4. The van der Waals surface area contributed by atoms with Crippen molar-refractivity contribution in [1.29, 1.82) is 10.5 Å². The highest BCUT2D eigenvalue weighted by Crippen LogP contribution is 2.52. The molecule has 0 aliphatic carbocycles. The summed E-state index contributed by atoms with van der Waals surface area (Å²) in [6.07, 6.45) is 0. The Labute approximate surface area is 524 Å². The van der Waals surface area contributed by atoms with Crippen molar-refractivity contribution in [3.05, 3.63) is 327 Å². The molecule has 0 aromatic heterocycles. The van der Waals surface area contributed by atoms with Crippen molar-refractivity contribution in [3.8, 4) is 12.1 Å². The maximum absolute atomic E-state index is 10.8. The normalized spacial score (nSPS) is 12.7. The predicted octanol–water partition coefficient (Wildman–Crippen LogP) is 16.5. The van der Waals surface area contributed by atoms with Gasteiger partial charge in [0.25, 0.3) is 13.4 Å². The highest BCUT2D eigenvalue weighted by atomic mass is 15.2. The third-order valence-corrected chi connectivity index (χ3v) is 18.1. The average molecular weight is 1150 g/mol. The number of para-hydroxylation sites is 8. The average Bonchev–Trinajstić information content (AvgIpc) is 0.700. The van der Waals surface area contributed by atoms with Crippen LogP contribution in [0.25, 0.3) is 0 Å². The van der Waals surface area contributed by atoms with Gasteiger partial charge in [-0.1, -0.05) is 164 Å². The first-order chi connectivity index (χ1) is 44.6. The number of hydrogen-bond donors (Lipinski definition) is 0. The van der Waals surface area contributed by atoms with Crippen LogP contribution in [0.3, 0.4) is 0 Å². The molecule has 10 heteroatoms. The molecule has 0 atom stereocenters. The highest BCUT2D eigenvalue weighted by molar-refractivity contribution is 7.03. The Balaban J connectivity index is 1.01. The lowest BCUT2D eigenvalue weighted by molar-refractivity contribution is 1.21. The fraction of sp³-hybridized carbons (Fsp3) is 0. The van der Waals surface area contributed by atoms with Gasteiger partial charge in [-0.05, 0) is 184 Å². The minimum Gasteiger partial charge on any atom is -0.311 e. The summed E-state index contributed by atoms with van der Waals surface area (Å²) in [7, 11) is 0. The molecule has 8 nitrogen and oxygen atoms in total. The van der Waals surface area contributed by atoms with Gasteiger partial charge in [0, 0.05) is 91.0 Å². The van der Waals surface area contributed by atoms with E-state index >= 15 is 0 Å². The van der Waals surface area contributed by atoms with Gasteiger partial charge in [-0.2, -0.15) is 10.5 Å². The second-order valence-electron chi connectivity index (χ2n) is 23.1. The van der Waals surface area contributed by atoms with Crippen LogP contribution in [-0.2, 0) is 0 Å². The Morgan fingerprint density at radius 3 is 0.756 bits per heavy atom. The Bertz CT molecular complexity index is 4620. The van der Waals surface area contributed by atoms with Crippen LogP contribution < -0.4 is 62.2 Å². The van der Waals surface area contributed by atoms with Crippen LogP contribution >= 0.6 is 0 Å². The molecule has 13 aromatic carbocycles. The third-order valence-electron chi connectivity index (χ3n) is 18.1. The molecule has 0 saturated carbocycles. The van der Waals surface area contributed by atoms with Gasteiger partial charge >= 0.3 is 0 Å². The summed E-state index contributed by atoms with van der Waals surface area (Å²) in [6.45, 7) is -0.616. The van der Waals surface area contributed by atoms with Crippen molar-refractivity contribution in [3.63, 3.8) is 0 Å². The van der Waals surface area contributed by atoms with Crippen molar-refractivity contribution >= 4 is 149 Å². The van der Waals surface area contributed by atoms with E-state index in [9.17, 15) is 10.5 Å². The molecule has 0 fully saturated rings. The van der Waals surface area contributed by atoms with Crippen LogP contribution in [0.2, 0.25) is 0 Å². The molecule has 0 amide bonds. The van der Waals surface area contributed by atoms with Gasteiger partial charge in [-0.15, -0.1) is 0 Å². The molecular weight excluding hydrogens is 1090 g/mol. The molecule has 0 bridgehead atoms. The monoisotopic (exact) mass is 1150 g/mol. The number of nitriles is 2. The van der Waals surface area contributed by atoms with Crippen molar-refractivity contribution in [2.75, 3.05) is 29.4 Å². The van der Waals surface area contributed by atoms with Gasteiger partial charge in [-0.3, -0.25) is 0 Å². The number of hydrogen-bond acceptors (Lipinski definition) is 8. The second kappa shape index (κ2) is 21.3. The summed E-state index contributed by atoms with van der Waals surface area (Å²) in [6, 6.07) is 117. The van der Waals surface area contributed by atoms with E-state index in [-0.39, 0.29) is 13.4 Å².